The molecule has 0 radical (unpaired) electrons. The van der Waals surface area contributed by atoms with E-state index in [4.69, 9.17) is 5.11 Å². The molecule has 0 aliphatic carbocycles. The van der Waals surface area contributed by atoms with Crippen molar-refractivity contribution in [3.05, 3.63) is 78.4 Å². The van der Waals surface area contributed by atoms with Gasteiger partial charge in [0.2, 0.25) is 5.91 Å². The van der Waals surface area contributed by atoms with Crippen LogP contribution in [0.4, 0.5) is 21.9 Å². The molecule has 0 bridgehead atoms. The largest absolute Gasteiger partial charge is 0.507 e. The number of carbonyl (C=O) groups excluding carboxylic acids is 2. The maximum atomic E-state index is 12.5. The summed E-state index contributed by atoms with van der Waals surface area (Å²) >= 11 is 1.31. The molecule has 1 atom stereocenters. The van der Waals surface area contributed by atoms with Gasteiger partial charge in [0.05, 0.1) is 5.25 Å². The molecule has 8 nitrogen and oxygen atoms in total. The second-order valence-electron chi connectivity index (χ2n) is 6.76. The number of carboxylic acids is 1. The predicted octanol–water partition coefficient (Wildman–Crippen LogP) is 4.85. The lowest BCUT2D eigenvalue weighted by Gasteiger charge is -2.13. The summed E-state index contributed by atoms with van der Waals surface area (Å²) < 4.78 is 0. The van der Waals surface area contributed by atoms with Gasteiger partial charge in [0.25, 0.3) is 0 Å². The topological polar surface area (TPSA) is 128 Å². The third-order valence-electron chi connectivity index (χ3n) is 4.32. The van der Waals surface area contributed by atoms with Crippen LogP contribution in [0.25, 0.3) is 0 Å². The van der Waals surface area contributed by atoms with Crippen molar-refractivity contribution < 1.29 is 24.6 Å². The number of benzene rings is 3. The van der Waals surface area contributed by atoms with Crippen LogP contribution in [0.1, 0.15) is 17.3 Å². The first kappa shape index (κ1) is 22.7. The maximum Gasteiger partial charge on any atom is 0.339 e. The van der Waals surface area contributed by atoms with Crippen LogP contribution >= 0.6 is 11.8 Å². The molecule has 3 aromatic carbocycles. The van der Waals surface area contributed by atoms with Gasteiger partial charge in [0, 0.05) is 22.0 Å². The Kier molecular flexibility index (Phi) is 7.35. The van der Waals surface area contributed by atoms with E-state index in [1.165, 1.54) is 30.0 Å². The van der Waals surface area contributed by atoms with Gasteiger partial charge in [-0.3, -0.25) is 4.79 Å². The average molecular weight is 452 g/mol. The minimum Gasteiger partial charge on any atom is -0.507 e. The second-order valence-corrected chi connectivity index (χ2v) is 8.17. The highest BCUT2D eigenvalue weighted by Gasteiger charge is 2.17. The molecule has 3 aromatic rings. The smallest absolute Gasteiger partial charge is 0.339 e. The Morgan fingerprint density at radius 1 is 0.812 bits per heavy atom. The number of para-hydroxylation sites is 1. The fourth-order valence-corrected chi connectivity index (χ4v) is 3.59. The van der Waals surface area contributed by atoms with E-state index >= 15 is 0 Å². The summed E-state index contributed by atoms with van der Waals surface area (Å²) in [5, 5.41) is 26.3. The molecule has 0 aliphatic heterocycles. The van der Waals surface area contributed by atoms with Crippen LogP contribution in [0.3, 0.4) is 0 Å². The molecule has 1 unspecified atom stereocenters. The lowest BCUT2D eigenvalue weighted by Crippen LogP contribution is -2.22. The third kappa shape index (κ3) is 6.26. The molecule has 0 spiro atoms. The van der Waals surface area contributed by atoms with Crippen LogP contribution in [-0.4, -0.2) is 33.4 Å². The van der Waals surface area contributed by atoms with Gasteiger partial charge >= 0.3 is 12.0 Å². The van der Waals surface area contributed by atoms with Gasteiger partial charge in [-0.05, 0) is 61.5 Å². The molecule has 164 valence electrons. The Morgan fingerprint density at radius 3 is 2.03 bits per heavy atom. The quantitative estimate of drug-likeness (QED) is 0.258. The number of nitrogens with one attached hydrogen (secondary N) is 3. The number of hydrogen-bond donors (Lipinski definition) is 5. The molecule has 0 heterocycles. The second kappa shape index (κ2) is 10.4. The van der Waals surface area contributed by atoms with Crippen molar-refractivity contribution in [3.63, 3.8) is 0 Å². The minimum atomic E-state index is -1.29. The fraction of sp³-hybridized carbons (Fsp3) is 0.0870. The normalized spacial score (nSPS) is 11.3. The van der Waals surface area contributed by atoms with Crippen molar-refractivity contribution in [1.29, 1.82) is 0 Å². The molecule has 9 heteroatoms. The Labute approximate surface area is 188 Å². The van der Waals surface area contributed by atoms with Crippen LogP contribution in [-0.2, 0) is 4.79 Å². The molecule has 0 aliphatic rings. The summed E-state index contributed by atoms with van der Waals surface area (Å²) in [6, 6.07) is 19.6. The standard InChI is InChI=1S/C23H21N3O5S/c1-14(21(28)24-17-9-12-20(27)19(13-17)22(29)30)32-18-10-7-16(8-11-18)26-23(31)25-15-5-3-2-4-6-15/h2-14,27H,1H3,(H,24,28)(H,29,30)(H2,25,26,31). The zero-order valence-electron chi connectivity index (χ0n) is 17.0. The van der Waals surface area contributed by atoms with E-state index in [2.05, 4.69) is 16.0 Å². The van der Waals surface area contributed by atoms with Crippen LogP contribution in [0.5, 0.6) is 5.75 Å². The van der Waals surface area contributed by atoms with E-state index < -0.39 is 11.2 Å². The lowest BCUT2D eigenvalue weighted by atomic mass is 10.2. The van der Waals surface area contributed by atoms with Gasteiger partial charge < -0.3 is 26.2 Å². The number of urea groups is 1. The Hall–Kier alpha value is -3.98. The number of phenols is 1. The van der Waals surface area contributed by atoms with Gasteiger partial charge in [-0.2, -0.15) is 0 Å². The van der Waals surface area contributed by atoms with Crippen LogP contribution < -0.4 is 16.0 Å². The number of hydrogen-bond acceptors (Lipinski definition) is 5. The molecule has 0 saturated carbocycles. The lowest BCUT2D eigenvalue weighted by molar-refractivity contribution is -0.115. The summed E-state index contributed by atoms with van der Waals surface area (Å²) in [5.41, 5.74) is 1.27. The summed E-state index contributed by atoms with van der Waals surface area (Å²) in [7, 11) is 0. The van der Waals surface area contributed by atoms with Gasteiger partial charge in [0.1, 0.15) is 11.3 Å². The fourth-order valence-electron chi connectivity index (χ4n) is 2.72. The highest BCUT2D eigenvalue weighted by atomic mass is 32.2. The van der Waals surface area contributed by atoms with Crippen molar-refractivity contribution in [1.82, 2.24) is 0 Å². The average Bonchev–Trinajstić information content (AvgIpc) is 2.76. The number of aromatic hydroxyl groups is 1. The van der Waals surface area contributed by atoms with E-state index in [-0.39, 0.29) is 28.9 Å². The van der Waals surface area contributed by atoms with Gasteiger partial charge in [-0.15, -0.1) is 11.8 Å². The van der Waals surface area contributed by atoms with Crippen LogP contribution in [0, 0.1) is 0 Å². The molecule has 0 aromatic heterocycles. The van der Waals surface area contributed by atoms with Crippen molar-refractivity contribution >= 4 is 46.7 Å². The molecule has 3 amide bonds. The Balaban J connectivity index is 1.54. The zero-order valence-corrected chi connectivity index (χ0v) is 17.8. The van der Waals surface area contributed by atoms with E-state index in [1.54, 1.807) is 43.3 Å². The molecule has 5 N–H and O–H groups in total. The highest BCUT2D eigenvalue weighted by molar-refractivity contribution is 8.00. The van der Waals surface area contributed by atoms with E-state index in [9.17, 15) is 19.5 Å². The molecule has 3 rings (SSSR count). The number of carboxylic acid groups (broad SMARTS) is 1. The molecular weight excluding hydrogens is 430 g/mol. The van der Waals surface area contributed by atoms with E-state index in [0.717, 1.165) is 4.90 Å². The molecule has 0 saturated heterocycles. The van der Waals surface area contributed by atoms with E-state index in [1.807, 2.05) is 18.2 Å². The number of thioether (sulfide) groups is 1. The SMILES string of the molecule is CC(Sc1ccc(NC(=O)Nc2ccccc2)cc1)C(=O)Nc1ccc(O)c(C(=O)O)c1. The monoisotopic (exact) mass is 451 g/mol. The maximum absolute atomic E-state index is 12.5. The van der Waals surface area contributed by atoms with Crippen LogP contribution in [0.15, 0.2) is 77.7 Å². The zero-order chi connectivity index (χ0) is 23.1. The summed E-state index contributed by atoms with van der Waals surface area (Å²) in [6.07, 6.45) is 0. The Bertz CT molecular complexity index is 1120. The first-order chi connectivity index (χ1) is 15.3. The van der Waals surface area contributed by atoms with Crippen molar-refractivity contribution in [2.24, 2.45) is 0 Å². The van der Waals surface area contributed by atoms with E-state index in [0.29, 0.717) is 11.4 Å². The number of anilines is 3. The molecular formula is C23H21N3O5S. The van der Waals surface area contributed by atoms with Gasteiger partial charge in [-0.25, -0.2) is 9.59 Å². The highest BCUT2D eigenvalue weighted by Crippen LogP contribution is 2.27. The molecule has 32 heavy (non-hydrogen) atoms. The number of aromatic carboxylic acids is 1. The van der Waals surface area contributed by atoms with Gasteiger partial charge in [-0.1, -0.05) is 18.2 Å². The minimum absolute atomic E-state index is 0.279. The van der Waals surface area contributed by atoms with Crippen molar-refractivity contribution in [3.8, 4) is 5.75 Å². The summed E-state index contributed by atoms with van der Waals surface area (Å²) in [6.45, 7) is 1.72. The number of carbonyl (C=O) groups is 3. The Morgan fingerprint density at radius 2 is 1.41 bits per heavy atom. The van der Waals surface area contributed by atoms with Gasteiger partial charge in [0.15, 0.2) is 0 Å². The predicted molar refractivity (Wildman–Crippen MR) is 125 cm³/mol. The summed E-state index contributed by atoms with van der Waals surface area (Å²) in [4.78, 5) is 36.5. The van der Waals surface area contributed by atoms with Crippen LogP contribution in [0.2, 0.25) is 0 Å². The molecule has 0 fully saturated rings. The summed E-state index contributed by atoms with van der Waals surface area (Å²) in [5.74, 6) is -1.97. The third-order valence-corrected chi connectivity index (χ3v) is 5.43. The first-order valence-electron chi connectivity index (χ1n) is 9.59. The van der Waals surface area contributed by atoms with Crippen molar-refractivity contribution in [2.75, 3.05) is 16.0 Å². The number of rotatable bonds is 7. The number of amides is 3. The van der Waals surface area contributed by atoms with Crippen molar-refractivity contribution in [2.45, 2.75) is 17.1 Å². The first-order valence-corrected chi connectivity index (χ1v) is 10.5.